The monoisotopic (exact) mass is 541 g/mol. The summed E-state index contributed by atoms with van der Waals surface area (Å²) < 4.78 is 8.53. The number of aliphatic carboxylic acids is 1. The van der Waals surface area contributed by atoms with E-state index >= 15 is 0 Å². The van der Waals surface area contributed by atoms with Crippen molar-refractivity contribution in [2.45, 2.75) is 66.7 Å². The Bertz CT molecular complexity index is 1620. The number of carbonyl (C=O) groups excluding carboxylic acids is 1. The average Bonchev–Trinajstić information content (AvgIpc) is 3.21. The average molecular weight is 542 g/mol. The summed E-state index contributed by atoms with van der Waals surface area (Å²) in [5.41, 5.74) is 7.10. The number of aryl methyl sites for hydroxylation is 2. The number of nitrogens with zero attached hydrogens (tertiary/aromatic N) is 4. The molecule has 2 N–H and O–H groups in total. The highest BCUT2D eigenvalue weighted by atomic mass is 16.5. The molecule has 1 aliphatic rings. The highest BCUT2D eigenvalue weighted by Crippen LogP contribution is 2.49. The van der Waals surface area contributed by atoms with Gasteiger partial charge in [-0.2, -0.15) is 0 Å². The fourth-order valence-electron chi connectivity index (χ4n) is 5.56. The maximum absolute atomic E-state index is 12.9. The summed E-state index contributed by atoms with van der Waals surface area (Å²) in [4.78, 5) is 35.5. The minimum atomic E-state index is -1.20. The predicted molar refractivity (Wildman–Crippen MR) is 156 cm³/mol. The normalized spacial score (nSPS) is 13.9. The Morgan fingerprint density at radius 2 is 1.70 bits per heavy atom. The summed E-state index contributed by atoms with van der Waals surface area (Å²) >= 11 is 0. The van der Waals surface area contributed by atoms with Gasteiger partial charge in [-0.25, -0.2) is 14.8 Å². The predicted octanol–water partition coefficient (Wildman–Crippen LogP) is 6.07. The van der Waals surface area contributed by atoms with Crippen molar-refractivity contribution in [2.75, 3.05) is 16.8 Å². The maximum Gasteiger partial charge on any atom is 0.337 e. The molecule has 0 saturated carbocycles. The van der Waals surface area contributed by atoms with E-state index in [0.29, 0.717) is 30.3 Å². The third-order valence-electron chi connectivity index (χ3n) is 7.14. The van der Waals surface area contributed by atoms with Gasteiger partial charge in [0.1, 0.15) is 0 Å². The second-order valence-corrected chi connectivity index (χ2v) is 11.4. The second kappa shape index (κ2) is 10.1. The van der Waals surface area contributed by atoms with Gasteiger partial charge in [-0.3, -0.25) is 4.79 Å². The van der Waals surface area contributed by atoms with Crippen LogP contribution in [0.4, 0.5) is 17.3 Å². The van der Waals surface area contributed by atoms with Crippen molar-refractivity contribution < 1.29 is 19.4 Å². The van der Waals surface area contributed by atoms with Crippen LogP contribution in [0.2, 0.25) is 0 Å². The molecule has 0 radical (unpaired) electrons. The smallest absolute Gasteiger partial charge is 0.337 e. The Kier molecular flexibility index (Phi) is 6.87. The van der Waals surface area contributed by atoms with Gasteiger partial charge in [0.15, 0.2) is 6.10 Å². The van der Waals surface area contributed by atoms with Crippen LogP contribution in [0.1, 0.15) is 56.2 Å². The Balaban J connectivity index is 1.83. The van der Waals surface area contributed by atoms with E-state index in [2.05, 4.69) is 32.8 Å². The molecule has 40 heavy (non-hydrogen) atoms. The quantitative estimate of drug-likeness (QED) is 0.305. The first-order valence-electron chi connectivity index (χ1n) is 13.4. The van der Waals surface area contributed by atoms with E-state index in [1.54, 1.807) is 12.4 Å². The molecule has 208 valence electrons. The molecule has 4 aromatic rings. The zero-order valence-electron chi connectivity index (χ0n) is 24.0. The van der Waals surface area contributed by atoms with Gasteiger partial charge < -0.3 is 24.6 Å². The summed E-state index contributed by atoms with van der Waals surface area (Å²) in [6, 6.07) is 10.3. The largest absolute Gasteiger partial charge is 0.479 e. The Morgan fingerprint density at radius 1 is 1.05 bits per heavy atom. The first kappa shape index (κ1) is 27.3. The van der Waals surface area contributed by atoms with Crippen molar-refractivity contribution in [2.24, 2.45) is 0 Å². The molecule has 0 fully saturated rings. The molecule has 3 heterocycles. The number of nitrogens with one attached hydrogen (secondary N) is 1. The standard InChI is InChI=1S/C31H35N5O4/c1-17-8-10-21(11-9-17)25-23-14-18(2)35-12-13-36(30-32-15-22(16-33-30)34-20(4)37)26(27(23)35)19(3)24(25)28(29(38)39)40-31(5,6)7/h8-11,14-16,28H,12-13H2,1-7H3,(H,34,37)(H,38,39)/t28-/m0/s1. The number of rotatable bonds is 6. The number of carbonyl (C=O) groups is 2. The molecule has 1 aliphatic heterocycles. The first-order valence-corrected chi connectivity index (χ1v) is 13.4. The summed E-state index contributed by atoms with van der Waals surface area (Å²) in [6.07, 6.45) is 1.96. The first-order chi connectivity index (χ1) is 18.9. The third kappa shape index (κ3) is 4.93. The van der Waals surface area contributed by atoms with Gasteiger partial charge in [-0.05, 0) is 64.3 Å². The number of anilines is 3. The van der Waals surface area contributed by atoms with Crippen LogP contribution in [0.25, 0.3) is 22.0 Å². The number of carboxylic acid groups (broad SMARTS) is 1. The molecule has 9 heteroatoms. The summed E-state index contributed by atoms with van der Waals surface area (Å²) in [7, 11) is 0. The van der Waals surface area contributed by atoms with Crippen LogP contribution in [0, 0.1) is 20.8 Å². The lowest BCUT2D eigenvalue weighted by atomic mass is 9.87. The zero-order chi connectivity index (χ0) is 28.9. The van der Waals surface area contributed by atoms with Crippen molar-refractivity contribution in [1.29, 1.82) is 0 Å². The van der Waals surface area contributed by atoms with Gasteiger partial charge in [0.2, 0.25) is 11.9 Å². The van der Waals surface area contributed by atoms with Gasteiger partial charge in [0, 0.05) is 36.7 Å². The van der Waals surface area contributed by atoms with Crippen LogP contribution in [0.3, 0.4) is 0 Å². The van der Waals surface area contributed by atoms with Crippen LogP contribution in [0.15, 0.2) is 42.7 Å². The minimum Gasteiger partial charge on any atom is -0.479 e. The lowest BCUT2D eigenvalue weighted by Crippen LogP contribution is -2.32. The van der Waals surface area contributed by atoms with Gasteiger partial charge in [0.05, 0.1) is 34.9 Å². The van der Waals surface area contributed by atoms with Gasteiger partial charge in [-0.1, -0.05) is 29.8 Å². The highest BCUT2D eigenvalue weighted by Gasteiger charge is 2.36. The van der Waals surface area contributed by atoms with Crippen LogP contribution in [-0.2, 0) is 20.9 Å². The van der Waals surface area contributed by atoms with Gasteiger partial charge in [-0.15, -0.1) is 0 Å². The third-order valence-corrected chi connectivity index (χ3v) is 7.14. The lowest BCUT2D eigenvalue weighted by molar-refractivity contribution is -0.160. The van der Waals surface area contributed by atoms with Crippen LogP contribution < -0.4 is 10.2 Å². The number of amides is 1. The van der Waals surface area contributed by atoms with Crippen molar-refractivity contribution in [3.63, 3.8) is 0 Å². The molecule has 0 saturated heterocycles. The topological polar surface area (TPSA) is 110 Å². The molecule has 1 amide bonds. The van der Waals surface area contributed by atoms with E-state index in [9.17, 15) is 14.7 Å². The number of benzene rings is 2. The molecule has 2 aromatic heterocycles. The Hall–Kier alpha value is -4.24. The van der Waals surface area contributed by atoms with Crippen molar-refractivity contribution in [3.05, 3.63) is 65.1 Å². The number of carboxylic acids is 1. The molecule has 1 atom stereocenters. The second-order valence-electron chi connectivity index (χ2n) is 11.4. The lowest BCUT2D eigenvalue weighted by Gasteiger charge is -2.35. The van der Waals surface area contributed by atoms with E-state index in [4.69, 9.17) is 4.74 Å². The molecule has 0 spiro atoms. The molecular formula is C31H35N5O4. The van der Waals surface area contributed by atoms with Crippen molar-refractivity contribution in [3.8, 4) is 11.1 Å². The highest BCUT2D eigenvalue weighted by molar-refractivity contribution is 6.08. The van der Waals surface area contributed by atoms with Crippen LogP contribution in [-0.4, -0.2) is 43.7 Å². The van der Waals surface area contributed by atoms with E-state index in [-0.39, 0.29) is 5.91 Å². The number of ether oxygens (including phenoxy) is 1. The molecular weight excluding hydrogens is 506 g/mol. The molecule has 9 nitrogen and oxygen atoms in total. The number of hydrogen-bond donors (Lipinski definition) is 2. The Morgan fingerprint density at radius 3 is 2.27 bits per heavy atom. The molecule has 0 bridgehead atoms. The molecule has 0 aliphatic carbocycles. The minimum absolute atomic E-state index is 0.199. The number of hydrogen-bond acceptors (Lipinski definition) is 6. The van der Waals surface area contributed by atoms with Crippen molar-refractivity contribution in [1.82, 2.24) is 14.5 Å². The summed E-state index contributed by atoms with van der Waals surface area (Å²) in [5.74, 6) is -0.774. The molecule has 0 unspecified atom stereocenters. The van der Waals surface area contributed by atoms with E-state index in [1.807, 2.05) is 63.8 Å². The fourth-order valence-corrected chi connectivity index (χ4v) is 5.56. The van der Waals surface area contributed by atoms with E-state index in [0.717, 1.165) is 44.5 Å². The molecule has 5 rings (SSSR count). The Labute approximate surface area is 233 Å². The summed E-state index contributed by atoms with van der Waals surface area (Å²) in [6.45, 7) is 14.4. The van der Waals surface area contributed by atoms with Crippen LogP contribution >= 0.6 is 0 Å². The fraction of sp³-hybridized carbons (Fsp3) is 0.355. The van der Waals surface area contributed by atoms with Crippen molar-refractivity contribution >= 4 is 40.1 Å². The van der Waals surface area contributed by atoms with Gasteiger partial charge in [0.25, 0.3) is 0 Å². The maximum atomic E-state index is 12.9. The van der Waals surface area contributed by atoms with Gasteiger partial charge >= 0.3 is 5.97 Å². The summed E-state index contributed by atoms with van der Waals surface area (Å²) in [5, 5.41) is 14.2. The van der Waals surface area contributed by atoms with E-state index in [1.165, 1.54) is 6.92 Å². The zero-order valence-corrected chi connectivity index (χ0v) is 24.0. The molecule has 2 aromatic carbocycles. The number of aromatic nitrogens is 3. The van der Waals surface area contributed by atoms with Crippen LogP contribution in [0.5, 0.6) is 0 Å². The SMILES string of the molecule is CC(=O)Nc1cnc(N2CCn3c(C)cc4c(-c5ccc(C)cc5)c([C@H](OC(C)(C)C)C(=O)O)c(C)c2c43)nc1. The van der Waals surface area contributed by atoms with E-state index < -0.39 is 17.7 Å².